The SMILES string of the molecule is CC(=O)OC(C)C1(C(C)C)CCC(C)CC1. The summed E-state index contributed by atoms with van der Waals surface area (Å²) >= 11 is 0. The lowest BCUT2D eigenvalue weighted by Gasteiger charge is -2.46. The molecule has 0 radical (unpaired) electrons. The first-order valence-corrected chi connectivity index (χ1v) is 6.55. The number of carbonyl (C=O) groups is 1. The minimum Gasteiger partial charge on any atom is -0.462 e. The second kappa shape index (κ2) is 5.20. The van der Waals surface area contributed by atoms with Crippen molar-refractivity contribution < 1.29 is 9.53 Å². The van der Waals surface area contributed by atoms with Crippen LogP contribution in [0.15, 0.2) is 0 Å². The molecule has 1 aliphatic carbocycles. The molecule has 1 fully saturated rings. The van der Waals surface area contributed by atoms with Gasteiger partial charge in [-0.15, -0.1) is 0 Å². The fraction of sp³-hybridized carbons (Fsp3) is 0.929. The van der Waals surface area contributed by atoms with Gasteiger partial charge < -0.3 is 4.74 Å². The van der Waals surface area contributed by atoms with Crippen molar-refractivity contribution in [1.82, 2.24) is 0 Å². The number of hydrogen-bond donors (Lipinski definition) is 0. The van der Waals surface area contributed by atoms with Gasteiger partial charge in [-0.3, -0.25) is 4.79 Å². The molecule has 94 valence electrons. The van der Waals surface area contributed by atoms with Crippen LogP contribution in [0.3, 0.4) is 0 Å². The number of rotatable bonds is 3. The minimum atomic E-state index is -0.147. The van der Waals surface area contributed by atoms with E-state index in [0.717, 1.165) is 5.92 Å². The number of hydrogen-bond acceptors (Lipinski definition) is 2. The Bertz CT molecular complexity index is 237. The summed E-state index contributed by atoms with van der Waals surface area (Å²) in [4.78, 5) is 11.1. The summed E-state index contributed by atoms with van der Waals surface area (Å²) in [7, 11) is 0. The van der Waals surface area contributed by atoms with Crippen LogP contribution in [0.1, 0.15) is 60.3 Å². The highest BCUT2D eigenvalue weighted by atomic mass is 16.5. The lowest BCUT2D eigenvalue weighted by Crippen LogP contribution is -2.43. The third-order valence-electron chi connectivity index (χ3n) is 4.51. The van der Waals surface area contributed by atoms with Crippen LogP contribution in [-0.4, -0.2) is 12.1 Å². The molecule has 0 N–H and O–H groups in total. The topological polar surface area (TPSA) is 26.3 Å². The smallest absolute Gasteiger partial charge is 0.302 e. The molecule has 2 nitrogen and oxygen atoms in total. The Labute approximate surface area is 99.8 Å². The maximum Gasteiger partial charge on any atom is 0.302 e. The van der Waals surface area contributed by atoms with Crippen LogP contribution in [0, 0.1) is 17.3 Å². The minimum absolute atomic E-state index is 0.0532. The highest BCUT2D eigenvalue weighted by Gasteiger charge is 2.43. The summed E-state index contributed by atoms with van der Waals surface area (Å²) in [5.41, 5.74) is 0.207. The van der Waals surface area contributed by atoms with E-state index in [1.807, 2.05) is 0 Å². The molecule has 0 amide bonds. The van der Waals surface area contributed by atoms with Gasteiger partial charge in [-0.1, -0.05) is 33.6 Å². The Kier molecular flexibility index (Phi) is 4.40. The zero-order valence-corrected chi connectivity index (χ0v) is 11.4. The van der Waals surface area contributed by atoms with Crippen molar-refractivity contribution in [3.63, 3.8) is 0 Å². The van der Waals surface area contributed by atoms with Gasteiger partial charge in [0.2, 0.25) is 0 Å². The Balaban J connectivity index is 2.76. The predicted octanol–water partition coefficient (Wildman–Crippen LogP) is 3.79. The molecule has 1 unspecified atom stereocenters. The lowest BCUT2D eigenvalue weighted by molar-refractivity contribution is -0.157. The van der Waals surface area contributed by atoms with Crippen molar-refractivity contribution in [2.24, 2.45) is 17.3 Å². The molecule has 0 bridgehead atoms. The Morgan fingerprint density at radius 2 is 1.75 bits per heavy atom. The summed E-state index contributed by atoms with van der Waals surface area (Å²) in [6.45, 7) is 10.4. The van der Waals surface area contributed by atoms with E-state index in [-0.39, 0.29) is 17.5 Å². The second-order valence-corrected chi connectivity index (χ2v) is 5.82. The van der Waals surface area contributed by atoms with E-state index in [0.29, 0.717) is 5.92 Å². The van der Waals surface area contributed by atoms with Crippen molar-refractivity contribution in [1.29, 1.82) is 0 Å². The molecular weight excluding hydrogens is 200 g/mol. The Morgan fingerprint density at radius 1 is 1.25 bits per heavy atom. The summed E-state index contributed by atoms with van der Waals surface area (Å²) in [5.74, 6) is 1.26. The van der Waals surface area contributed by atoms with Crippen LogP contribution in [0.5, 0.6) is 0 Å². The van der Waals surface area contributed by atoms with E-state index in [2.05, 4.69) is 27.7 Å². The van der Waals surface area contributed by atoms with Crippen LogP contribution in [0.2, 0.25) is 0 Å². The summed E-state index contributed by atoms with van der Waals surface area (Å²) in [6, 6.07) is 0. The van der Waals surface area contributed by atoms with Crippen molar-refractivity contribution in [3.05, 3.63) is 0 Å². The third-order valence-corrected chi connectivity index (χ3v) is 4.51. The van der Waals surface area contributed by atoms with Gasteiger partial charge in [0.05, 0.1) is 0 Å². The number of carbonyl (C=O) groups excluding carboxylic acids is 1. The van der Waals surface area contributed by atoms with Gasteiger partial charge in [0.15, 0.2) is 0 Å². The maximum atomic E-state index is 11.1. The fourth-order valence-electron chi connectivity index (χ4n) is 3.12. The van der Waals surface area contributed by atoms with Crippen LogP contribution in [0.4, 0.5) is 0 Å². The Hall–Kier alpha value is -0.530. The molecule has 0 aromatic rings. The molecule has 16 heavy (non-hydrogen) atoms. The number of ether oxygens (including phenoxy) is 1. The molecule has 0 aromatic carbocycles. The molecule has 1 saturated carbocycles. The monoisotopic (exact) mass is 226 g/mol. The quantitative estimate of drug-likeness (QED) is 0.684. The molecule has 2 heteroatoms. The second-order valence-electron chi connectivity index (χ2n) is 5.82. The van der Waals surface area contributed by atoms with Crippen molar-refractivity contribution >= 4 is 5.97 Å². The van der Waals surface area contributed by atoms with Crippen LogP contribution in [0.25, 0.3) is 0 Å². The standard InChI is InChI=1S/C14H26O2/c1-10(2)14(12(4)16-13(5)15)8-6-11(3)7-9-14/h10-12H,6-9H2,1-5H3. The largest absolute Gasteiger partial charge is 0.462 e. The first-order valence-electron chi connectivity index (χ1n) is 6.55. The first-order chi connectivity index (χ1) is 7.38. The lowest BCUT2D eigenvalue weighted by atomic mass is 9.62. The molecule has 1 atom stereocenters. The third kappa shape index (κ3) is 2.78. The van der Waals surface area contributed by atoms with E-state index in [9.17, 15) is 4.79 Å². The van der Waals surface area contributed by atoms with Gasteiger partial charge in [-0.25, -0.2) is 0 Å². The van der Waals surface area contributed by atoms with Gasteiger partial charge in [-0.2, -0.15) is 0 Å². The fourth-order valence-corrected chi connectivity index (χ4v) is 3.12. The number of esters is 1. The normalized spacial score (nSPS) is 32.5. The van der Waals surface area contributed by atoms with Gasteiger partial charge in [0, 0.05) is 12.3 Å². The van der Waals surface area contributed by atoms with E-state index in [1.54, 1.807) is 0 Å². The van der Waals surface area contributed by atoms with Crippen molar-refractivity contribution in [3.8, 4) is 0 Å². The molecule has 1 aliphatic rings. The maximum absolute atomic E-state index is 11.1. The molecule has 0 saturated heterocycles. The summed E-state index contributed by atoms with van der Waals surface area (Å²) in [6.07, 6.45) is 4.98. The van der Waals surface area contributed by atoms with Crippen molar-refractivity contribution in [2.75, 3.05) is 0 Å². The van der Waals surface area contributed by atoms with E-state index >= 15 is 0 Å². The van der Waals surface area contributed by atoms with Gasteiger partial charge in [-0.05, 0) is 31.6 Å². The average molecular weight is 226 g/mol. The summed E-state index contributed by atoms with van der Waals surface area (Å²) in [5, 5.41) is 0. The highest BCUT2D eigenvalue weighted by Crippen LogP contribution is 2.47. The first kappa shape index (κ1) is 13.5. The average Bonchev–Trinajstić information content (AvgIpc) is 2.17. The summed E-state index contributed by atoms with van der Waals surface area (Å²) < 4.78 is 5.45. The van der Waals surface area contributed by atoms with E-state index < -0.39 is 0 Å². The zero-order valence-electron chi connectivity index (χ0n) is 11.4. The molecule has 0 aromatic heterocycles. The van der Waals surface area contributed by atoms with Crippen LogP contribution < -0.4 is 0 Å². The van der Waals surface area contributed by atoms with E-state index in [4.69, 9.17) is 4.74 Å². The van der Waals surface area contributed by atoms with Gasteiger partial charge in [0.25, 0.3) is 0 Å². The molecule has 0 heterocycles. The van der Waals surface area contributed by atoms with Gasteiger partial charge >= 0.3 is 5.97 Å². The highest BCUT2D eigenvalue weighted by molar-refractivity contribution is 5.66. The predicted molar refractivity (Wildman–Crippen MR) is 66.1 cm³/mol. The molecule has 0 aliphatic heterocycles. The van der Waals surface area contributed by atoms with Gasteiger partial charge in [0.1, 0.15) is 6.10 Å². The van der Waals surface area contributed by atoms with Crippen LogP contribution >= 0.6 is 0 Å². The van der Waals surface area contributed by atoms with Crippen LogP contribution in [-0.2, 0) is 9.53 Å². The molecule has 1 rings (SSSR count). The Morgan fingerprint density at radius 3 is 2.12 bits per heavy atom. The van der Waals surface area contributed by atoms with Crippen molar-refractivity contribution in [2.45, 2.75) is 66.4 Å². The zero-order chi connectivity index (χ0) is 12.3. The van der Waals surface area contributed by atoms with E-state index in [1.165, 1.54) is 32.6 Å². The molecule has 0 spiro atoms. The molecular formula is C14H26O2.